The molecule has 152 valence electrons. The van der Waals surface area contributed by atoms with E-state index in [1.165, 1.54) is 10.4 Å². The van der Waals surface area contributed by atoms with Gasteiger partial charge in [0.25, 0.3) is 0 Å². The lowest BCUT2D eigenvalue weighted by Crippen LogP contribution is -2.53. The number of methoxy groups -OCH3 is 1. The van der Waals surface area contributed by atoms with Crippen LogP contribution in [0.2, 0.25) is 0 Å². The van der Waals surface area contributed by atoms with Gasteiger partial charge < -0.3 is 9.47 Å². The molecule has 0 radical (unpaired) electrons. The Morgan fingerprint density at radius 3 is 2.54 bits per heavy atom. The molecule has 1 aliphatic heterocycles. The van der Waals surface area contributed by atoms with Crippen LogP contribution in [-0.2, 0) is 26.7 Å². The summed E-state index contributed by atoms with van der Waals surface area (Å²) in [6.07, 6.45) is 0.439. The topological polar surface area (TPSA) is 55.8 Å². The SMILES string of the molecule is COc1ccc(CN(C)S(=O)(=O)C2COCCC2(C)c2ccccc2F)cc1. The first-order chi connectivity index (χ1) is 13.3. The van der Waals surface area contributed by atoms with Crippen molar-refractivity contribution in [2.24, 2.45) is 0 Å². The van der Waals surface area contributed by atoms with Crippen LogP contribution in [0.1, 0.15) is 24.5 Å². The highest BCUT2D eigenvalue weighted by Crippen LogP contribution is 2.40. The van der Waals surface area contributed by atoms with Gasteiger partial charge in [0.1, 0.15) is 16.8 Å². The molecule has 0 saturated carbocycles. The highest BCUT2D eigenvalue weighted by atomic mass is 32.2. The van der Waals surface area contributed by atoms with E-state index in [2.05, 4.69) is 0 Å². The molecule has 28 heavy (non-hydrogen) atoms. The van der Waals surface area contributed by atoms with Gasteiger partial charge in [-0.25, -0.2) is 17.1 Å². The molecule has 1 heterocycles. The molecular weight excluding hydrogens is 381 g/mol. The fourth-order valence-corrected chi connectivity index (χ4v) is 5.70. The highest BCUT2D eigenvalue weighted by molar-refractivity contribution is 7.89. The summed E-state index contributed by atoms with van der Waals surface area (Å²) in [7, 11) is -0.605. The Bertz CT molecular complexity index is 916. The van der Waals surface area contributed by atoms with Gasteiger partial charge in [0.2, 0.25) is 10.0 Å². The van der Waals surface area contributed by atoms with E-state index in [1.54, 1.807) is 44.5 Å². The quantitative estimate of drug-likeness (QED) is 0.737. The number of sulfonamides is 1. The zero-order valence-electron chi connectivity index (χ0n) is 16.4. The summed E-state index contributed by atoms with van der Waals surface area (Å²) in [6.45, 7) is 2.48. The van der Waals surface area contributed by atoms with Gasteiger partial charge in [0.15, 0.2) is 0 Å². The first kappa shape index (κ1) is 20.8. The summed E-state index contributed by atoms with van der Waals surface area (Å²) in [5.74, 6) is 0.326. The number of benzene rings is 2. The van der Waals surface area contributed by atoms with Gasteiger partial charge in [-0.3, -0.25) is 0 Å². The van der Waals surface area contributed by atoms with Crippen molar-refractivity contribution in [3.05, 3.63) is 65.5 Å². The maximum absolute atomic E-state index is 14.5. The predicted octanol–water partition coefficient (Wildman–Crippen LogP) is 3.34. The van der Waals surface area contributed by atoms with Crippen molar-refractivity contribution in [3.8, 4) is 5.75 Å². The maximum atomic E-state index is 14.5. The molecule has 2 unspecified atom stereocenters. The Balaban J connectivity index is 1.90. The van der Waals surface area contributed by atoms with Crippen LogP contribution in [0, 0.1) is 5.82 Å². The fraction of sp³-hybridized carbons (Fsp3) is 0.429. The molecule has 0 bridgehead atoms. The monoisotopic (exact) mass is 407 g/mol. The average molecular weight is 408 g/mol. The van der Waals surface area contributed by atoms with Crippen molar-refractivity contribution < 1.29 is 22.3 Å². The van der Waals surface area contributed by atoms with E-state index in [0.717, 1.165) is 5.56 Å². The van der Waals surface area contributed by atoms with E-state index in [0.29, 0.717) is 24.3 Å². The number of hydrogen-bond acceptors (Lipinski definition) is 4. The van der Waals surface area contributed by atoms with Crippen molar-refractivity contribution >= 4 is 10.0 Å². The van der Waals surface area contributed by atoms with Crippen LogP contribution in [0.3, 0.4) is 0 Å². The lowest BCUT2D eigenvalue weighted by molar-refractivity contribution is 0.0570. The van der Waals surface area contributed by atoms with E-state index >= 15 is 0 Å². The van der Waals surface area contributed by atoms with Crippen LogP contribution in [0.25, 0.3) is 0 Å². The number of hydrogen-bond donors (Lipinski definition) is 0. The van der Waals surface area contributed by atoms with Crippen LogP contribution < -0.4 is 4.74 Å². The van der Waals surface area contributed by atoms with Crippen molar-refractivity contribution in [2.45, 2.75) is 30.6 Å². The van der Waals surface area contributed by atoms with E-state index in [-0.39, 0.29) is 19.0 Å². The molecule has 0 N–H and O–H groups in total. The number of nitrogens with zero attached hydrogens (tertiary/aromatic N) is 1. The third kappa shape index (κ3) is 3.92. The Morgan fingerprint density at radius 2 is 1.89 bits per heavy atom. The lowest BCUT2D eigenvalue weighted by atomic mass is 9.75. The van der Waals surface area contributed by atoms with Gasteiger partial charge in [-0.1, -0.05) is 37.3 Å². The summed E-state index contributed by atoms with van der Waals surface area (Å²) >= 11 is 0. The second-order valence-electron chi connectivity index (χ2n) is 7.36. The molecule has 3 rings (SSSR count). The number of rotatable bonds is 6. The summed E-state index contributed by atoms with van der Waals surface area (Å²) in [5.41, 5.74) is 0.400. The van der Waals surface area contributed by atoms with Crippen LogP contribution >= 0.6 is 0 Å². The smallest absolute Gasteiger partial charge is 0.220 e. The van der Waals surface area contributed by atoms with E-state index < -0.39 is 20.7 Å². The summed E-state index contributed by atoms with van der Waals surface area (Å²) in [4.78, 5) is 0. The minimum absolute atomic E-state index is 0.0418. The molecular formula is C21H26FNO4S. The van der Waals surface area contributed by atoms with Crippen LogP contribution in [-0.4, -0.2) is 45.3 Å². The largest absolute Gasteiger partial charge is 0.497 e. The molecule has 2 aromatic rings. The molecule has 0 spiro atoms. The second-order valence-corrected chi connectivity index (χ2v) is 9.58. The van der Waals surface area contributed by atoms with Gasteiger partial charge in [-0.15, -0.1) is 0 Å². The normalized spacial score (nSPS) is 23.0. The van der Waals surface area contributed by atoms with Crippen LogP contribution in [0.5, 0.6) is 5.75 Å². The molecule has 0 aromatic heterocycles. The first-order valence-electron chi connectivity index (χ1n) is 9.20. The summed E-state index contributed by atoms with van der Waals surface area (Å²) in [6, 6.07) is 13.7. The maximum Gasteiger partial charge on any atom is 0.220 e. The number of ether oxygens (including phenoxy) is 2. The molecule has 1 saturated heterocycles. The zero-order chi connectivity index (χ0) is 20.4. The Morgan fingerprint density at radius 1 is 1.21 bits per heavy atom. The predicted molar refractivity (Wildman–Crippen MR) is 106 cm³/mol. The van der Waals surface area contributed by atoms with Crippen LogP contribution in [0.15, 0.2) is 48.5 Å². The minimum atomic E-state index is -3.74. The molecule has 2 aromatic carbocycles. The van der Waals surface area contributed by atoms with Crippen molar-refractivity contribution in [1.29, 1.82) is 0 Å². The van der Waals surface area contributed by atoms with Crippen molar-refractivity contribution in [1.82, 2.24) is 4.31 Å². The van der Waals surface area contributed by atoms with E-state index in [9.17, 15) is 12.8 Å². The molecule has 1 fully saturated rings. The van der Waals surface area contributed by atoms with Crippen LogP contribution in [0.4, 0.5) is 4.39 Å². The Kier molecular flexibility index (Phi) is 6.07. The van der Waals surface area contributed by atoms with Gasteiger partial charge in [-0.2, -0.15) is 0 Å². The third-order valence-electron chi connectivity index (χ3n) is 5.59. The second kappa shape index (κ2) is 8.19. The van der Waals surface area contributed by atoms with Crippen molar-refractivity contribution in [2.75, 3.05) is 27.4 Å². The van der Waals surface area contributed by atoms with Crippen molar-refractivity contribution in [3.63, 3.8) is 0 Å². The van der Waals surface area contributed by atoms with E-state index in [4.69, 9.17) is 9.47 Å². The molecule has 0 amide bonds. The summed E-state index contributed by atoms with van der Waals surface area (Å²) < 4.78 is 53.3. The fourth-order valence-electron chi connectivity index (χ4n) is 3.76. The molecule has 1 aliphatic rings. The third-order valence-corrected chi connectivity index (χ3v) is 7.97. The van der Waals surface area contributed by atoms with Gasteiger partial charge in [0.05, 0.1) is 13.7 Å². The highest BCUT2D eigenvalue weighted by Gasteiger charge is 2.48. The Labute approximate surface area is 166 Å². The first-order valence-corrected chi connectivity index (χ1v) is 10.7. The van der Waals surface area contributed by atoms with Gasteiger partial charge in [0, 0.05) is 25.6 Å². The van der Waals surface area contributed by atoms with Gasteiger partial charge >= 0.3 is 0 Å². The van der Waals surface area contributed by atoms with E-state index in [1.807, 2.05) is 19.1 Å². The molecule has 0 aliphatic carbocycles. The average Bonchev–Trinajstić information content (AvgIpc) is 2.69. The minimum Gasteiger partial charge on any atom is -0.497 e. The van der Waals surface area contributed by atoms with Gasteiger partial charge in [-0.05, 0) is 35.7 Å². The molecule has 5 nitrogen and oxygen atoms in total. The number of halogens is 1. The molecule has 7 heteroatoms. The summed E-state index contributed by atoms with van der Waals surface area (Å²) in [5, 5.41) is -0.867. The molecule has 2 atom stereocenters. The lowest BCUT2D eigenvalue weighted by Gasteiger charge is -2.42. The standard InChI is InChI=1S/C21H26FNO4S/c1-21(18-6-4-5-7-19(18)22)12-13-27-15-20(21)28(24,25)23(2)14-16-8-10-17(26-3)11-9-16/h4-11,20H,12-15H2,1-3H3. The zero-order valence-corrected chi connectivity index (χ0v) is 17.2. The Hall–Kier alpha value is -1.96.